The van der Waals surface area contributed by atoms with Crippen LogP contribution in [0.5, 0.6) is 5.75 Å². The summed E-state index contributed by atoms with van der Waals surface area (Å²) >= 11 is 11.7. The molecular formula is C20H16Cl2N2O6S. The van der Waals surface area contributed by atoms with Crippen molar-refractivity contribution in [3.8, 4) is 11.4 Å². The number of rotatable bonds is 6. The lowest BCUT2D eigenvalue weighted by atomic mass is 10.2. The summed E-state index contributed by atoms with van der Waals surface area (Å²) in [6.45, 7) is 3.33. The van der Waals surface area contributed by atoms with Gasteiger partial charge in [-0.05, 0) is 43.7 Å². The van der Waals surface area contributed by atoms with E-state index in [4.69, 9.17) is 32.1 Å². The second-order valence-corrected chi connectivity index (χ2v) is 8.59. The summed E-state index contributed by atoms with van der Waals surface area (Å²) in [5.74, 6) is -1.52. The van der Waals surface area contributed by atoms with Crippen LogP contribution in [0.3, 0.4) is 0 Å². The summed E-state index contributed by atoms with van der Waals surface area (Å²) in [6.07, 6.45) is 0. The molecule has 0 bridgehead atoms. The first-order chi connectivity index (χ1) is 14.6. The summed E-state index contributed by atoms with van der Waals surface area (Å²) < 4.78 is 36.4. The van der Waals surface area contributed by atoms with Gasteiger partial charge in [-0.1, -0.05) is 41.4 Å². The second-order valence-electron chi connectivity index (χ2n) is 6.23. The summed E-state index contributed by atoms with van der Waals surface area (Å²) in [5.41, 5.74) is -0.0593. The Labute approximate surface area is 188 Å². The first kappa shape index (κ1) is 22.8. The monoisotopic (exact) mass is 482 g/mol. The minimum atomic E-state index is -4.46. The largest absolute Gasteiger partial charge is 0.461 e. The van der Waals surface area contributed by atoms with E-state index in [2.05, 4.69) is 5.10 Å². The number of carbonyl (C=O) groups excluding carboxylic acids is 1. The van der Waals surface area contributed by atoms with E-state index in [0.29, 0.717) is 11.3 Å². The van der Waals surface area contributed by atoms with Crippen LogP contribution >= 0.6 is 23.2 Å². The van der Waals surface area contributed by atoms with E-state index >= 15 is 0 Å². The molecule has 1 heterocycles. The SMILES string of the molecule is CCOC(=O)c1nn(-c2ccccc2C)c(=O)cc1OS(=O)(=O)c1ccc(Cl)c(Cl)c1. The summed E-state index contributed by atoms with van der Waals surface area (Å²) in [6, 6.07) is 11.3. The first-order valence-corrected chi connectivity index (χ1v) is 11.1. The number of carbonyl (C=O) groups is 1. The van der Waals surface area contributed by atoms with Crippen LogP contribution in [0.25, 0.3) is 5.69 Å². The normalized spacial score (nSPS) is 11.2. The molecule has 0 unspecified atom stereocenters. The highest BCUT2D eigenvalue weighted by molar-refractivity contribution is 7.87. The molecule has 0 spiro atoms. The van der Waals surface area contributed by atoms with Crippen LogP contribution in [-0.4, -0.2) is 30.8 Å². The molecular weight excluding hydrogens is 467 g/mol. The van der Waals surface area contributed by atoms with E-state index in [0.717, 1.165) is 16.8 Å². The highest BCUT2D eigenvalue weighted by Gasteiger charge is 2.26. The quantitative estimate of drug-likeness (QED) is 0.388. The Balaban J connectivity index is 2.14. The molecule has 3 rings (SSSR count). The zero-order valence-corrected chi connectivity index (χ0v) is 18.7. The van der Waals surface area contributed by atoms with Crippen molar-refractivity contribution >= 4 is 39.3 Å². The maximum atomic E-state index is 12.7. The van der Waals surface area contributed by atoms with Crippen molar-refractivity contribution in [2.24, 2.45) is 0 Å². The number of aryl methyl sites for hydroxylation is 1. The van der Waals surface area contributed by atoms with E-state index in [1.807, 2.05) is 0 Å². The Morgan fingerprint density at radius 3 is 2.45 bits per heavy atom. The van der Waals surface area contributed by atoms with Crippen molar-refractivity contribution in [2.45, 2.75) is 18.7 Å². The first-order valence-electron chi connectivity index (χ1n) is 8.91. The van der Waals surface area contributed by atoms with E-state index in [1.54, 1.807) is 38.1 Å². The number of esters is 1. The third-order valence-corrected chi connectivity index (χ3v) is 6.06. The Morgan fingerprint density at radius 2 is 1.81 bits per heavy atom. The fourth-order valence-corrected chi connectivity index (χ4v) is 3.94. The predicted molar refractivity (Wildman–Crippen MR) is 115 cm³/mol. The van der Waals surface area contributed by atoms with Crippen molar-refractivity contribution in [3.05, 3.63) is 80.2 Å². The molecule has 162 valence electrons. The van der Waals surface area contributed by atoms with Crippen LogP contribution in [0.15, 0.2) is 58.2 Å². The van der Waals surface area contributed by atoms with Gasteiger partial charge in [-0.3, -0.25) is 4.79 Å². The number of ether oxygens (including phenoxy) is 1. The molecule has 11 heteroatoms. The number of benzene rings is 2. The maximum Gasteiger partial charge on any atom is 0.362 e. The average molecular weight is 483 g/mol. The fourth-order valence-electron chi connectivity index (χ4n) is 2.62. The lowest BCUT2D eigenvalue weighted by Crippen LogP contribution is -2.26. The van der Waals surface area contributed by atoms with Gasteiger partial charge < -0.3 is 8.92 Å². The molecule has 0 atom stereocenters. The fraction of sp³-hybridized carbons (Fsp3) is 0.150. The number of nitrogens with zero attached hydrogens (tertiary/aromatic N) is 2. The van der Waals surface area contributed by atoms with Gasteiger partial charge in [0.2, 0.25) is 5.69 Å². The molecule has 2 aromatic carbocycles. The van der Waals surface area contributed by atoms with Crippen LogP contribution in [0.2, 0.25) is 10.0 Å². The minimum Gasteiger partial charge on any atom is -0.461 e. The molecule has 0 fully saturated rings. The topological polar surface area (TPSA) is 105 Å². The van der Waals surface area contributed by atoms with Gasteiger partial charge in [0.05, 0.1) is 28.4 Å². The molecule has 8 nitrogen and oxygen atoms in total. The standard InChI is InChI=1S/C20H16Cl2N2O6S/c1-3-29-20(26)19-17(30-31(27,28)13-8-9-14(21)15(22)10-13)11-18(25)24(23-19)16-7-5-4-6-12(16)2/h4-11H,3H2,1-2H3. The van der Waals surface area contributed by atoms with Crippen LogP contribution in [0, 0.1) is 6.92 Å². The van der Waals surface area contributed by atoms with Gasteiger partial charge in [0.1, 0.15) is 4.90 Å². The zero-order chi connectivity index (χ0) is 22.8. The van der Waals surface area contributed by atoms with Gasteiger partial charge in [0.15, 0.2) is 5.75 Å². The van der Waals surface area contributed by atoms with Gasteiger partial charge in [0.25, 0.3) is 5.56 Å². The lowest BCUT2D eigenvalue weighted by molar-refractivity contribution is 0.0515. The highest BCUT2D eigenvalue weighted by atomic mass is 35.5. The minimum absolute atomic E-state index is 0.00296. The van der Waals surface area contributed by atoms with E-state index in [9.17, 15) is 18.0 Å². The molecule has 0 saturated carbocycles. The molecule has 0 aliphatic rings. The highest BCUT2D eigenvalue weighted by Crippen LogP contribution is 2.27. The van der Waals surface area contributed by atoms with Crippen molar-refractivity contribution in [1.29, 1.82) is 0 Å². The summed E-state index contributed by atoms with van der Waals surface area (Å²) in [4.78, 5) is 24.8. The molecule has 0 saturated heterocycles. The smallest absolute Gasteiger partial charge is 0.362 e. The van der Waals surface area contributed by atoms with Gasteiger partial charge in [-0.25, -0.2) is 4.79 Å². The number of para-hydroxylation sites is 1. The average Bonchev–Trinajstić information content (AvgIpc) is 2.70. The van der Waals surface area contributed by atoms with Gasteiger partial charge in [-0.2, -0.15) is 18.2 Å². The molecule has 1 aromatic heterocycles. The Bertz CT molecular complexity index is 1320. The number of hydrogen-bond acceptors (Lipinski definition) is 7. The molecule has 0 N–H and O–H groups in total. The molecule has 3 aromatic rings. The molecule has 0 radical (unpaired) electrons. The van der Waals surface area contributed by atoms with Crippen LogP contribution in [0.4, 0.5) is 0 Å². The van der Waals surface area contributed by atoms with Crippen molar-refractivity contribution < 1.29 is 22.1 Å². The van der Waals surface area contributed by atoms with Crippen LogP contribution in [0.1, 0.15) is 23.0 Å². The molecule has 0 aliphatic carbocycles. The van der Waals surface area contributed by atoms with Gasteiger partial charge in [0, 0.05) is 0 Å². The van der Waals surface area contributed by atoms with Crippen molar-refractivity contribution in [3.63, 3.8) is 0 Å². The van der Waals surface area contributed by atoms with Gasteiger partial charge >= 0.3 is 16.1 Å². The van der Waals surface area contributed by atoms with Crippen molar-refractivity contribution in [1.82, 2.24) is 9.78 Å². The third-order valence-electron chi connectivity index (χ3n) is 4.09. The summed E-state index contributed by atoms with van der Waals surface area (Å²) in [5, 5.41) is 4.16. The van der Waals surface area contributed by atoms with Gasteiger partial charge in [-0.15, -0.1) is 0 Å². The van der Waals surface area contributed by atoms with E-state index in [1.165, 1.54) is 12.1 Å². The predicted octanol–water partition coefficient (Wildman–Crippen LogP) is 3.79. The Hall–Kier alpha value is -2.88. The molecule has 31 heavy (non-hydrogen) atoms. The zero-order valence-electron chi connectivity index (χ0n) is 16.3. The second kappa shape index (κ2) is 9.09. The molecule has 0 aliphatic heterocycles. The molecule has 0 amide bonds. The van der Waals surface area contributed by atoms with E-state index in [-0.39, 0.29) is 21.5 Å². The van der Waals surface area contributed by atoms with Crippen LogP contribution < -0.4 is 9.74 Å². The Kier molecular flexibility index (Phi) is 6.68. The van der Waals surface area contributed by atoms with Crippen molar-refractivity contribution in [2.75, 3.05) is 6.61 Å². The number of halogens is 2. The summed E-state index contributed by atoms with van der Waals surface area (Å²) in [7, 11) is -4.46. The van der Waals surface area contributed by atoms with E-state index < -0.39 is 33.1 Å². The Morgan fingerprint density at radius 1 is 1.10 bits per heavy atom. The maximum absolute atomic E-state index is 12.7. The number of hydrogen-bond donors (Lipinski definition) is 0. The number of aromatic nitrogens is 2. The van der Waals surface area contributed by atoms with Crippen LogP contribution in [-0.2, 0) is 14.9 Å². The third kappa shape index (κ3) is 4.90. The lowest BCUT2D eigenvalue weighted by Gasteiger charge is -2.13.